The Kier molecular flexibility index (Phi) is 9.12. The molecule has 1 heterocycles. The van der Waals surface area contributed by atoms with E-state index >= 15 is 0 Å². The van der Waals surface area contributed by atoms with Gasteiger partial charge in [0.05, 0.1) is 17.5 Å². The number of carbonyl (C=O) groups is 2. The lowest BCUT2D eigenvalue weighted by Crippen LogP contribution is -2.61. The summed E-state index contributed by atoms with van der Waals surface area (Å²) in [5, 5.41) is 13.8. The number of thioether (sulfide) groups is 2. The van der Waals surface area contributed by atoms with Crippen molar-refractivity contribution in [3.8, 4) is 0 Å². The van der Waals surface area contributed by atoms with E-state index in [4.69, 9.17) is 14.2 Å². The minimum Gasteiger partial charge on any atom is -0.443 e. The van der Waals surface area contributed by atoms with Crippen molar-refractivity contribution in [1.29, 1.82) is 0 Å². The van der Waals surface area contributed by atoms with Gasteiger partial charge in [-0.3, -0.25) is 10.1 Å². The molecule has 2 aliphatic rings. The Balaban J connectivity index is 2.20. The lowest BCUT2D eigenvalue weighted by Gasteiger charge is -2.48. The van der Waals surface area contributed by atoms with Crippen LogP contribution in [-0.2, 0) is 19.0 Å². The molecule has 1 saturated carbocycles. The van der Waals surface area contributed by atoms with E-state index in [-0.39, 0.29) is 17.8 Å². The number of rotatable bonds is 9. The number of nitrogens with one attached hydrogen (secondary N) is 1. The van der Waals surface area contributed by atoms with Gasteiger partial charge in [-0.1, -0.05) is 11.6 Å². The minimum absolute atomic E-state index is 0.0286. The summed E-state index contributed by atoms with van der Waals surface area (Å²) in [5.74, 6) is -0.0446. The average Bonchev–Trinajstić information content (AvgIpc) is 3.32. The monoisotopic (exact) mass is 461 g/mol. The molecule has 6 unspecified atom stereocenters. The first-order chi connectivity index (χ1) is 14.1. The van der Waals surface area contributed by atoms with Crippen LogP contribution >= 0.6 is 23.5 Å². The summed E-state index contributed by atoms with van der Waals surface area (Å²) in [5.41, 5.74) is -0.365. The largest absolute Gasteiger partial charge is 0.443 e. The number of epoxide rings is 1. The third-order valence-corrected chi connectivity index (χ3v) is 7.25. The lowest BCUT2D eigenvalue weighted by molar-refractivity contribution is -0.170. The van der Waals surface area contributed by atoms with Gasteiger partial charge in [-0.05, 0) is 52.5 Å². The van der Waals surface area contributed by atoms with Crippen LogP contribution in [0.25, 0.3) is 0 Å². The molecule has 2 rings (SSSR count). The number of alkyl carbamates (subject to hydrolysis) is 1. The van der Waals surface area contributed by atoms with Crippen molar-refractivity contribution in [3.63, 3.8) is 0 Å². The van der Waals surface area contributed by atoms with Crippen molar-refractivity contribution in [1.82, 2.24) is 5.32 Å². The number of amides is 2. The maximum absolute atomic E-state index is 12.2. The van der Waals surface area contributed by atoms with Gasteiger partial charge < -0.3 is 19.3 Å². The number of carbonyl (C=O) groups excluding carboxylic acids is 2. The standard InChI is InChI=1S/C21H35NO6S2/c1-13(2)7-8-15-20(3,28-15)18-17(26-4)14(9-10-21(18,25)12-30-6)27-19(24)22-16(23)11-29-5/h7,14-15,17-18,25H,8-12H2,1-6H3,(H,22,23,24). The van der Waals surface area contributed by atoms with Gasteiger partial charge in [0.25, 0.3) is 0 Å². The van der Waals surface area contributed by atoms with Crippen LogP contribution in [0.3, 0.4) is 0 Å². The van der Waals surface area contributed by atoms with Crippen molar-refractivity contribution in [2.75, 3.05) is 31.1 Å². The van der Waals surface area contributed by atoms with Crippen molar-refractivity contribution in [3.05, 3.63) is 11.6 Å². The Labute approximate surface area is 188 Å². The molecular weight excluding hydrogens is 426 g/mol. The molecule has 0 aromatic heterocycles. The molecule has 0 bridgehead atoms. The quantitative estimate of drug-likeness (QED) is 0.400. The fraction of sp³-hybridized carbons (Fsp3) is 0.810. The highest BCUT2D eigenvalue weighted by Crippen LogP contribution is 2.55. The highest BCUT2D eigenvalue weighted by atomic mass is 32.2. The van der Waals surface area contributed by atoms with E-state index in [2.05, 4.69) is 11.4 Å². The van der Waals surface area contributed by atoms with Crippen LogP contribution in [0.2, 0.25) is 0 Å². The zero-order valence-electron chi connectivity index (χ0n) is 18.7. The normalized spacial score (nSPS) is 35.4. The molecule has 2 amide bonds. The van der Waals surface area contributed by atoms with E-state index in [1.165, 1.54) is 17.3 Å². The zero-order chi connectivity index (χ0) is 22.5. The Hall–Kier alpha value is -0.740. The number of allylic oxidation sites excluding steroid dienone is 1. The summed E-state index contributed by atoms with van der Waals surface area (Å²) in [7, 11) is 1.56. The predicted molar refractivity (Wildman–Crippen MR) is 121 cm³/mol. The molecule has 9 heteroatoms. The fourth-order valence-corrected chi connectivity index (χ4v) is 5.69. The van der Waals surface area contributed by atoms with Crippen molar-refractivity contribution in [2.24, 2.45) is 5.92 Å². The van der Waals surface area contributed by atoms with Gasteiger partial charge in [0.1, 0.15) is 17.8 Å². The molecule has 2 fully saturated rings. The molecule has 1 aliphatic heterocycles. The van der Waals surface area contributed by atoms with Crippen molar-refractivity contribution < 1.29 is 28.9 Å². The number of ether oxygens (including phenoxy) is 3. The third-order valence-electron chi connectivity index (χ3n) is 5.91. The van der Waals surface area contributed by atoms with E-state index in [1.807, 2.05) is 27.0 Å². The van der Waals surface area contributed by atoms with E-state index < -0.39 is 35.4 Å². The highest BCUT2D eigenvalue weighted by molar-refractivity contribution is 7.99. The maximum Gasteiger partial charge on any atom is 0.414 e. The van der Waals surface area contributed by atoms with E-state index in [9.17, 15) is 14.7 Å². The molecular formula is C21H35NO6S2. The van der Waals surface area contributed by atoms with Crippen LogP contribution in [0.1, 0.15) is 40.0 Å². The number of imide groups is 1. The van der Waals surface area contributed by atoms with E-state index in [1.54, 1.807) is 25.1 Å². The van der Waals surface area contributed by atoms with Crippen LogP contribution < -0.4 is 5.32 Å². The van der Waals surface area contributed by atoms with Gasteiger partial charge in [0.15, 0.2) is 0 Å². The molecule has 0 radical (unpaired) electrons. The first-order valence-corrected chi connectivity index (χ1v) is 12.9. The highest BCUT2D eigenvalue weighted by Gasteiger charge is 2.67. The topological polar surface area (TPSA) is 97.4 Å². The summed E-state index contributed by atoms with van der Waals surface area (Å²) < 4.78 is 17.5. The molecule has 1 saturated heterocycles. The van der Waals surface area contributed by atoms with Crippen LogP contribution in [-0.4, -0.2) is 77.7 Å². The Morgan fingerprint density at radius 1 is 1.30 bits per heavy atom. The van der Waals surface area contributed by atoms with Gasteiger partial charge in [0, 0.05) is 18.8 Å². The molecule has 1 aliphatic carbocycles. The SMILES string of the molecule is COC1C(OC(=O)NC(=O)CSC)CCC(O)(CSC)C1C1(C)OC1CC=C(C)C. The number of methoxy groups -OCH3 is 1. The molecule has 0 aromatic carbocycles. The first-order valence-electron chi connectivity index (χ1n) is 10.2. The fourth-order valence-electron chi connectivity index (χ4n) is 4.54. The van der Waals surface area contributed by atoms with Crippen molar-refractivity contribution in [2.45, 2.75) is 69.5 Å². The first kappa shape index (κ1) is 25.5. The smallest absolute Gasteiger partial charge is 0.414 e. The summed E-state index contributed by atoms with van der Waals surface area (Å²) in [4.78, 5) is 23.9. The van der Waals surface area contributed by atoms with E-state index in [0.29, 0.717) is 18.6 Å². The number of hydrogen-bond donors (Lipinski definition) is 2. The average molecular weight is 462 g/mol. The second-order valence-electron chi connectivity index (χ2n) is 8.49. The Morgan fingerprint density at radius 2 is 2.00 bits per heavy atom. The van der Waals surface area contributed by atoms with E-state index in [0.717, 1.165) is 6.42 Å². The lowest BCUT2D eigenvalue weighted by atomic mass is 9.66. The Morgan fingerprint density at radius 3 is 2.57 bits per heavy atom. The molecule has 30 heavy (non-hydrogen) atoms. The van der Waals surface area contributed by atoms with Crippen LogP contribution in [0.5, 0.6) is 0 Å². The zero-order valence-corrected chi connectivity index (χ0v) is 20.4. The molecule has 0 aromatic rings. The molecule has 6 atom stereocenters. The molecule has 7 nitrogen and oxygen atoms in total. The molecule has 0 spiro atoms. The molecule has 2 N–H and O–H groups in total. The second kappa shape index (κ2) is 10.7. The minimum atomic E-state index is -1.00. The van der Waals surface area contributed by atoms with Crippen LogP contribution in [0.15, 0.2) is 11.6 Å². The summed E-state index contributed by atoms with van der Waals surface area (Å²) in [6.45, 7) is 6.09. The third kappa shape index (κ3) is 5.94. The maximum atomic E-state index is 12.2. The predicted octanol–water partition coefficient (Wildman–Crippen LogP) is 3.00. The van der Waals surface area contributed by atoms with Crippen LogP contribution in [0.4, 0.5) is 4.79 Å². The van der Waals surface area contributed by atoms with Gasteiger partial charge in [-0.15, -0.1) is 0 Å². The number of aliphatic hydroxyl groups is 1. The summed E-state index contributed by atoms with van der Waals surface area (Å²) in [6, 6.07) is 0. The van der Waals surface area contributed by atoms with Gasteiger partial charge in [-0.2, -0.15) is 23.5 Å². The Bertz CT molecular complexity index is 655. The second-order valence-corrected chi connectivity index (χ2v) is 10.2. The van der Waals surface area contributed by atoms with Gasteiger partial charge >= 0.3 is 6.09 Å². The van der Waals surface area contributed by atoms with Gasteiger partial charge in [0.2, 0.25) is 5.91 Å². The van der Waals surface area contributed by atoms with Crippen LogP contribution in [0, 0.1) is 5.92 Å². The van der Waals surface area contributed by atoms with Gasteiger partial charge in [-0.25, -0.2) is 4.79 Å². The summed E-state index contributed by atoms with van der Waals surface area (Å²) >= 11 is 2.90. The van der Waals surface area contributed by atoms with Crippen molar-refractivity contribution >= 4 is 35.5 Å². The molecule has 172 valence electrons. The summed E-state index contributed by atoms with van der Waals surface area (Å²) in [6.07, 6.45) is 5.62. The number of hydrogen-bond acceptors (Lipinski definition) is 8.